The second-order valence-electron chi connectivity index (χ2n) is 4.71. The summed E-state index contributed by atoms with van der Waals surface area (Å²) in [5.74, 6) is 0. The van der Waals surface area contributed by atoms with Crippen molar-refractivity contribution < 1.29 is 4.92 Å². The van der Waals surface area contributed by atoms with Gasteiger partial charge in [-0.1, -0.05) is 13.8 Å². The van der Waals surface area contributed by atoms with Crippen LogP contribution in [-0.4, -0.2) is 29.5 Å². The van der Waals surface area contributed by atoms with Crippen molar-refractivity contribution in [3.63, 3.8) is 0 Å². The van der Waals surface area contributed by atoms with Gasteiger partial charge in [-0.25, -0.2) is 0 Å². The first-order valence-corrected chi connectivity index (χ1v) is 8.15. The van der Waals surface area contributed by atoms with Gasteiger partial charge in [-0.15, -0.1) is 0 Å². The maximum Gasteiger partial charge on any atom is 0.273 e. The number of benzene rings is 1. The van der Waals surface area contributed by atoms with E-state index in [0.717, 1.165) is 37.3 Å². The Labute approximate surface area is 124 Å². The summed E-state index contributed by atoms with van der Waals surface area (Å²) >= 11 is 1.82. The van der Waals surface area contributed by atoms with E-state index < -0.39 is 0 Å². The van der Waals surface area contributed by atoms with Crippen molar-refractivity contribution in [1.82, 2.24) is 0 Å². The molecule has 0 aliphatic heterocycles. The predicted molar refractivity (Wildman–Crippen MR) is 88.0 cm³/mol. The summed E-state index contributed by atoms with van der Waals surface area (Å²) in [4.78, 5) is 10.6. The lowest BCUT2D eigenvalue weighted by atomic mass is 10.2. The fourth-order valence-corrected chi connectivity index (χ4v) is 2.08. The Balaban J connectivity index is 2.72. The molecule has 1 rings (SSSR count). The second kappa shape index (κ2) is 8.68. The third-order valence-electron chi connectivity index (χ3n) is 2.99. The van der Waals surface area contributed by atoms with E-state index in [-0.39, 0.29) is 10.6 Å². The molecule has 0 radical (unpaired) electrons. The van der Waals surface area contributed by atoms with Crippen LogP contribution in [0.4, 0.5) is 17.1 Å². The molecule has 1 aromatic carbocycles. The van der Waals surface area contributed by atoms with Gasteiger partial charge in [0.05, 0.1) is 4.92 Å². The van der Waals surface area contributed by atoms with Crippen LogP contribution >= 0.6 is 11.8 Å². The van der Waals surface area contributed by atoms with E-state index in [2.05, 4.69) is 30.7 Å². The molecule has 0 heterocycles. The van der Waals surface area contributed by atoms with Crippen LogP contribution in [-0.2, 0) is 0 Å². The number of nitro groups is 1. The number of rotatable bonds is 9. The van der Waals surface area contributed by atoms with Crippen molar-refractivity contribution in [1.29, 1.82) is 0 Å². The summed E-state index contributed by atoms with van der Waals surface area (Å²) < 4.78 is 0. The highest BCUT2D eigenvalue weighted by atomic mass is 32.2. The number of nitrogens with one attached hydrogen (secondary N) is 2. The van der Waals surface area contributed by atoms with E-state index in [1.807, 2.05) is 17.8 Å². The standard InChI is InChI=1S/C14H23N3O2S/c1-4-6-15-12-8-13(10-14(9-12)17(18)19)16-7-5-11(2)20-3/h8-11,15-16H,4-7H2,1-3H3. The summed E-state index contributed by atoms with van der Waals surface area (Å²) in [6.07, 6.45) is 4.10. The van der Waals surface area contributed by atoms with Crippen LogP contribution < -0.4 is 10.6 Å². The van der Waals surface area contributed by atoms with Gasteiger partial charge in [0.15, 0.2) is 0 Å². The molecule has 0 saturated carbocycles. The molecular formula is C14H23N3O2S. The molecule has 1 unspecified atom stereocenters. The molecule has 0 fully saturated rings. The van der Waals surface area contributed by atoms with Gasteiger partial charge in [-0.3, -0.25) is 10.1 Å². The zero-order valence-electron chi connectivity index (χ0n) is 12.3. The number of thioether (sulfide) groups is 1. The average Bonchev–Trinajstić information content (AvgIpc) is 2.44. The maximum atomic E-state index is 11.0. The van der Waals surface area contributed by atoms with Gasteiger partial charge in [0.25, 0.3) is 5.69 Å². The first kappa shape index (κ1) is 16.6. The fourth-order valence-electron chi connectivity index (χ4n) is 1.73. The van der Waals surface area contributed by atoms with Crippen LogP contribution in [0.3, 0.4) is 0 Å². The third-order valence-corrected chi connectivity index (χ3v) is 4.03. The van der Waals surface area contributed by atoms with Gasteiger partial charge in [-0.05, 0) is 25.2 Å². The molecule has 0 aromatic heterocycles. The molecule has 1 aromatic rings. The molecular weight excluding hydrogens is 274 g/mol. The number of hydrogen-bond acceptors (Lipinski definition) is 5. The highest BCUT2D eigenvalue weighted by molar-refractivity contribution is 7.99. The number of nitro benzene ring substituents is 1. The van der Waals surface area contributed by atoms with Gasteiger partial charge in [0, 0.05) is 41.8 Å². The van der Waals surface area contributed by atoms with Crippen LogP contribution in [0.2, 0.25) is 0 Å². The minimum Gasteiger partial charge on any atom is -0.385 e. The Morgan fingerprint density at radius 3 is 2.35 bits per heavy atom. The van der Waals surface area contributed by atoms with Crippen molar-refractivity contribution in [2.24, 2.45) is 0 Å². The van der Waals surface area contributed by atoms with Gasteiger partial charge in [-0.2, -0.15) is 11.8 Å². The summed E-state index contributed by atoms with van der Waals surface area (Å²) in [5.41, 5.74) is 1.71. The molecule has 0 aliphatic rings. The van der Waals surface area contributed by atoms with Gasteiger partial charge in [0.2, 0.25) is 0 Å². The molecule has 5 nitrogen and oxygen atoms in total. The van der Waals surface area contributed by atoms with E-state index >= 15 is 0 Å². The third kappa shape index (κ3) is 5.69. The van der Waals surface area contributed by atoms with Crippen molar-refractivity contribution in [3.05, 3.63) is 28.3 Å². The Morgan fingerprint density at radius 1 is 1.25 bits per heavy atom. The molecule has 0 amide bonds. The lowest BCUT2D eigenvalue weighted by Gasteiger charge is -2.12. The highest BCUT2D eigenvalue weighted by Crippen LogP contribution is 2.24. The first-order chi connectivity index (χ1) is 9.56. The van der Waals surface area contributed by atoms with Gasteiger partial charge in [0.1, 0.15) is 0 Å². The molecule has 0 aliphatic carbocycles. The molecule has 20 heavy (non-hydrogen) atoms. The normalized spacial score (nSPS) is 11.9. The highest BCUT2D eigenvalue weighted by Gasteiger charge is 2.09. The van der Waals surface area contributed by atoms with Crippen LogP contribution in [0.15, 0.2) is 18.2 Å². The Kier molecular flexibility index (Phi) is 7.22. The van der Waals surface area contributed by atoms with E-state index in [0.29, 0.717) is 5.25 Å². The second-order valence-corrected chi connectivity index (χ2v) is 5.99. The van der Waals surface area contributed by atoms with Gasteiger partial charge < -0.3 is 10.6 Å². The molecule has 0 spiro atoms. The van der Waals surface area contributed by atoms with E-state index in [1.165, 1.54) is 0 Å². The minimum absolute atomic E-state index is 0.117. The van der Waals surface area contributed by atoms with Crippen LogP contribution in [0.25, 0.3) is 0 Å². The fraction of sp³-hybridized carbons (Fsp3) is 0.571. The van der Waals surface area contributed by atoms with Crippen LogP contribution in [0.5, 0.6) is 0 Å². The number of nitrogens with zero attached hydrogens (tertiary/aromatic N) is 1. The Bertz CT molecular complexity index is 440. The van der Waals surface area contributed by atoms with Crippen LogP contribution in [0, 0.1) is 10.1 Å². The smallest absolute Gasteiger partial charge is 0.273 e. The lowest BCUT2D eigenvalue weighted by Crippen LogP contribution is -2.08. The monoisotopic (exact) mass is 297 g/mol. The number of non-ortho nitro benzene ring substituents is 1. The molecule has 112 valence electrons. The number of hydrogen-bond donors (Lipinski definition) is 2. The Hall–Kier alpha value is -1.43. The van der Waals surface area contributed by atoms with Crippen molar-refractivity contribution in [2.45, 2.75) is 31.9 Å². The zero-order chi connectivity index (χ0) is 15.0. The number of anilines is 2. The predicted octanol–water partition coefficient (Wildman–Crippen LogP) is 3.97. The van der Waals surface area contributed by atoms with Crippen molar-refractivity contribution >= 4 is 28.8 Å². The first-order valence-electron chi connectivity index (χ1n) is 6.86. The summed E-state index contributed by atoms with van der Waals surface area (Å²) in [6, 6.07) is 5.08. The molecule has 0 saturated heterocycles. The largest absolute Gasteiger partial charge is 0.385 e. The topological polar surface area (TPSA) is 67.2 Å². The van der Waals surface area contributed by atoms with Crippen LogP contribution in [0.1, 0.15) is 26.7 Å². The molecule has 0 bridgehead atoms. The summed E-state index contributed by atoms with van der Waals surface area (Å²) in [5, 5.41) is 18.0. The van der Waals surface area contributed by atoms with Crippen molar-refractivity contribution in [3.8, 4) is 0 Å². The average molecular weight is 297 g/mol. The quantitative estimate of drug-likeness (QED) is 0.533. The zero-order valence-corrected chi connectivity index (χ0v) is 13.1. The molecule has 6 heteroatoms. The van der Waals surface area contributed by atoms with E-state index in [4.69, 9.17) is 0 Å². The minimum atomic E-state index is -0.354. The summed E-state index contributed by atoms with van der Waals surface area (Å²) in [6.45, 7) is 5.86. The SMILES string of the molecule is CCCNc1cc(NCCC(C)SC)cc([N+](=O)[O-])c1. The lowest BCUT2D eigenvalue weighted by molar-refractivity contribution is -0.384. The molecule has 2 N–H and O–H groups in total. The van der Waals surface area contributed by atoms with E-state index in [1.54, 1.807) is 12.1 Å². The van der Waals surface area contributed by atoms with Crippen molar-refractivity contribution in [2.75, 3.05) is 30.0 Å². The van der Waals surface area contributed by atoms with Gasteiger partial charge >= 0.3 is 0 Å². The Morgan fingerprint density at radius 2 is 1.85 bits per heavy atom. The maximum absolute atomic E-state index is 11.0. The summed E-state index contributed by atoms with van der Waals surface area (Å²) in [7, 11) is 0. The molecule has 1 atom stereocenters. The van der Waals surface area contributed by atoms with E-state index in [9.17, 15) is 10.1 Å².